The van der Waals surface area contributed by atoms with E-state index < -0.39 is 0 Å². The summed E-state index contributed by atoms with van der Waals surface area (Å²) in [5, 5.41) is 12.8. The van der Waals surface area contributed by atoms with Crippen molar-refractivity contribution in [2.24, 2.45) is 0 Å². The van der Waals surface area contributed by atoms with Crippen LogP contribution in [0.1, 0.15) is 12.8 Å². The van der Waals surface area contributed by atoms with Gasteiger partial charge in [-0.1, -0.05) is 0 Å². The number of rotatable bonds is 9. The lowest BCUT2D eigenvalue weighted by Crippen LogP contribution is -2.35. The standard InChI is InChI=1S/C10H24N2OS/c1-12(2)9-10(13)8-11-6-4-5-7-14-3/h10-11,13H,4-9H2,1-3H3. The smallest absolute Gasteiger partial charge is 0.0791 e. The molecule has 0 aromatic rings. The number of aliphatic hydroxyl groups excluding tert-OH is 1. The Labute approximate surface area is 92.3 Å². The minimum atomic E-state index is -0.245. The van der Waals surface area contributed by atoms with Crippen LogP contribution in [0.25, 0.3) is 0 Å². The van der Waals surface area contributed by atoms with Gasteiger partial charge in [0.2, 0.25) is 0 Å². The third-order valence-corrected chi connectivity index (χ3v) is 2.60. The van der Waals surface area contributed by atoms with E-state index in [0.717, 1.165) is 13.1 Å². The lowest BCUT2D eigenvalue weighted by Gasteiger charge is -2.16. The van der Waals surface area contributed by atoms with Crippen molar-refractivity contribution in [3.8, 4) is 0 Å². The molecule has 3 nitrogen and oxygen atoms in total. The fraction of sp³-hybridized carbons (Fsp3) is 1.00. The van der Waals surface area contributed by atoms with Crippen LogP contribution >= 0.6 is 11.8 Å². The number of thioether (sulfide) groups is 1. The lowest BCUT2D eigenvalue weighted by atomic mass is 10.3. The third kappa shape index (κ3) is 10.3. The van der Waals surface area contributed by atoms with Crippen molar-refractivity contribution in [3.05, 3.63) is 0 Å². The second kappa shape index (κ2) is 9.77. The highest BCUT2D eigenvalue weighted by molar-refractivity contribution is 7.98. The molecule has 0 heterocycles. The number of hydrogen-bond donors (Lipinski definition) is 2. The van der Waals surface area contributed by atoms with Gasteiger partial charge in [-0.05, 0) is 45.5 Å². The fourth-order valence-electron chi connectivity index (χ4n) is 1.25. The molecule has 0 saturated heterocycles. The second-order valence-corrected chi connectivity index (χ2v) is 4.81. The largest absolute Gasteiger partial charge is 0.390 e. The van der Waals surface area contributed by atoms with Gasteiger partial charge in [0.05, 0.1) is 6.10 Å². The fourth-order valence-corrected chi connectivity index (χ4v) is 1.74. The molecule has 0 aromatic heterocycles. The van der Waals surface area contributed by atoms with Gasteiger partial charge in [-0.25, -0.2) is 0 Å². The molecule has 0 aromatic carbocycles. The summed E-state index contributed by atoms with van der Waals surface area (Å²) < 4.78 is 0. The van der Waals surface area contributed by atoms with Crippen LogP contribution < -0.4 is 5.32 Å². The number of aliphatic hydroxyl groups is 1. The molecule has 0 fully saturated rings. The molecule has 14 heavy (non-hydrogen) atoms. The van der Waals surface area contributed by atoms with E-state index >= 15 is 0 Å². The van der Waals surface area contributed by atoms with Crippen LogP contribution in [-0.4, -0.2) is 61.8 Å². The Morgan fingerprint density at radius 2 is 2.07 bits per heavy atom. The number of likely N-dealkylation sites (N-methyl/N-ethyl adjacent to an activating group) is 1. The highest BCUT2D eigenvalue weighted by atomic mass is 32.2. The summed E-state index contributed by atoms with van der Waals surface area (Å²) in [5.41, 5.74) is 0. The van der Waals surface area contributed by atoms with Gasteiger partial charge in [0, 0.05) is 13.1 Å². The molecule has 0 saturated carbocycles. The Morgan fingerprint density at radius 3 is 2.64 bits per heavy atom. The molecule has 4 heteroatoms. The zero-order valence-corrected chi connectivity index (χ0v) is 10.4. The van der Waals surface area contributed by atoms with Crippen molar-refractivity contribution < 1.29 is 5.11 Å². The first-order valence-corrected chi connectivity index (χ1v) is 6.58. The first-order valence-electron chi connectivity index (χ1n) is 5.19. The molecule has 0 rings (SSSR count). The molecular formula is C10H24N2OS. The minimum absolute atomic E-state index is 0.245. The molecule has 1 unspecified atom stereocenters. The van der Waals surface area contributed by atoms with Crippen LogP contribution in [-0.2, 0) is 0 Å². The van der Waals surface area contributed by atoms with Crippen LogP contribution in [0, 0.1) is 0 Å². The molecule has 0 spiro atoms. The van der Waals surface area contributed by atoms with Gasteiger partial charge in [-0.3, -0.25) is 0 Å². The molecule has 0 bridgehead atoms. The Balaban J connectivity index is 3.10. The summed E-state index contributed by atoms with van der Waals surface area (Å²) in [7, 11) is 3.95. The van der Waals surface area contributed by atoms with Crippen LogP contribution in [0.3, 0.4) is 0 Å². The van der Waals surface area contributed by atoms with Crippen LogP contribution in [0.4, 0.5) is 0 Å². The van der Waals surface area contributed by atoms with Gasteiger partial charge in [-0.2, -0.15) is 11.8 Å². The molecule has 0 aliphatic rings. The summed E-state index contributed by atoms with van der Waals surface area (Å²) >= 11 is 1.89. The monoisotopic (exact) mass is 220 g/mol. The average molecular weight is 220 g/mol. The van der Waals surface area contributed by atoms with E-state index in [0.29, 0.717) is 6.54 Å². The van der Waals surface area contributed by atoms with Crippen molar-refractivity contribution in [3.63, 3.8) is 0 Å². The zero-order valence-electron chi connectivity index (χ0n) is 9.62. The van der Waals surface area contributed by atoms with Gasteiger partial charge in [-0.15, -0.1) is 0 Å². The van der Waals surface area contributed by atoms with E-state index in [-0.39, 0.29) is 6.10 Å². The summed E-state index contributed by atoms with van der Waals surface area (Å²) in [6.45, 7) is 2.46. The van der Waals surface area contributed by atoms with Crippen molar-refractivity contribution >= 4 is 11.8 Å². The Bertz CT molecular complexity index is 123. The van der Waals surface area contributed by atoms with Crippen molar-refractivity contribution in [2.45, 2.75) is 18.9 Å². The van der Waals surface area contributed by atoms with E-state index in [1.807, 2.05) is 30.8 Å². The Hall–Kier alpha value is 0.230. The quantitative estimate of drug-likeness (QED) is 0.559. The van der Waals surface area contributed by atoms with Gasteiger partial charge < -0.3 is 15.3 Å². The van der Waals surface area contributed by atoms with E-state index in [9.17, 15) is 5.11 Å². The highest BCUT2D eigenvalue weighted by Crippen LogP contribution is 1.97. The van der Waals surface area contributed by atoms with Gasteiger partial charge in [0.15, 0.2) is 0 Å². The molecular weight excluding hydrogens is 196 g/mol. The van der Waals surface area contributed by atoms with E-state index in [1.165, 1.54) is 18.6 Å². The minimum Gasteiger partial charge on any atom is -0.390 e. The molecule has 0 aliphatic carbocycles. The third-order valence-electron chi connectivity index (χ3n) is 1.91. The number of hydrogen-bond acceptors (Lipinski definition) is 4. The lowest BCUT2D eigenvalue weighted by molar-refractivity contribution is 0.135. The van der Waals surface area contributed by atoms with Crippen molar-refractivity contribution in [1.82, 2.24) is 10.2 Å². The Morgan fingerprint density at radius 1 is 1.36 bits per heavy atom. The summed E-state index contributed by atoms with van der Waals surface area (Å²) in [6, 6.07) is 0. The number of nitrogens with zero attached hydrogens (tertiary/aromatic N) is 1. The maximum Gasteiger partial charge on any atom is 0.0791 e. The summed E-state index contributed by atoms with van der Waals surface area (Å²) in [6.07, 6.45) is 4.35. The van der Waals surface area contributed by atoms with E-state index in [2.05, 4.69) is 11.6 Å². The van der Waals surface area contributed by atoms with E-state index in [4.69, 9.17) is 0 Å². The molecule has 1 atom stereocenters. The molecule has 0 aliphatic heterocycles. The molecule has 2 N–H and O–H groups in total. The highest BCUT2D eigenvalue weighted by Gasteiger charge is 2.03. The first-order chi connectivity index (χ1) is 6.66. The zero-order chi connectivity index (χ0) is 10.8. The predicted molar refractivity (Wildman–Crippen MR) is 65.0 cm³/mol. The molecule has 86 valence electrons. The maximum atomic E-state index is 9.51. The van der Waals surface area contributed by atoms with Gasteiger partial charge >= 0.3 is 0 Å². The Kier molecular flexibility index (Phi) is 9.93. The summed E-state index contributed by atoms with van der Waals surface area (Å²) in [5.74, 6) is 1.24. The normalized spacial score (nSPS) is 13.5. The van der Waals surface area contributed by atoms with Crippen LogP contribution in [0.5, 0.6) is 0 Å². The number of nitrogens with one attached hydrogen (secondary N) is 1. The SMILES string of the molecule is CSCCCCNCC(O)CN(C)C. The van der Waals surface area contributed by atoms with Gasteiger partial charge in [0.25, 0.3) is 0 Å². The van der Waals surface area contributed by atoms with Crippen molar-refractivity contribution in [2.75, 3.05) is 45.7 Å². The van der Waals surface area contributed by atoms with Crippen LogP contribution in [0.15, 0.2) is 0 Å². The van der Waals surface area contributed by atoms with Crippen molar-refractivity contribution in [1.29, 1.82) is 0 Å². The number of unbranched alkanes of at least 4 members (excludes halogenated alkanes) is 1. The second-order valence-electron chi connectivity index (χ2n) is 3.82. The molecule has 0 radical (unpaired) electrons. The maximum absolute atomic E-state index is 9.51. The average Bonchev–Trinajstić information content (AvgIpc) is 2.10. The van der Waals surface area contributed by atoms with Crippen LogP contribution in [0.2, 0.25) is 0 Å². The predicted octanol–water partition coefficient (Wildman–Crippen LogP) is 0.642. The van der Waals surface area contributed by atoms with E-state index in [1.54, 1.807) is 0 Å². The van der Waals surface area contributed by atoms with Gasteiger partial charge in [0.1, 0.15) is 0 Å². The summed E-state index contributed by atoms with van der Waals surface area (Å²) in [4.78, 5) is 2.00. The first kappa shape index (κ1) is 14.2. The topological polar surface area (TPSA) is 35.5 Å². The molecule has 0 amide bonds.